The molecule has 1 saturated heterocycles. The molecule has 0 aliphatic carbocycles. The number of aromatic nitrogens is 2. The Balaban J connectivity index is 2.03. The molecule has 1 aromatic heterocycles. The van der Waals surface area contributed by atoms with E-state index in [2.05, 4.69) is 9.97 Å². The maximum absolute atomic E-state index is 11.5. The van der Waals surface area contributed by atoms with Gasteiger partial charge in [-0.25, -0.2) is 13.4 Å². The average Bonchev–Trinajstić information content (AvgIpc) is 2.99. The maximum atomic E-state index is 11.5. The van der Waals surface area contributed by atoms with Gasteiger partial charge in [-0.2, -0.15) is 0 Å². The highest BCUT2D eigenvalue weighted by atomic mass is 32.2. The molecule has 1 aliphatic rings. The average molecular weight is 296 g/mol. The Morgan fingerprint density at radius 3 is 2.55 bits per heavy atom. The molecule has 2 aromatic rings. The molecule has 1 N–H and O–H groups in total. The third kappa shape index (κ3) is 2.22. The van der Waals surface area contributed by atoms with Crippen LogP contribution in [0.15, 0.2) is 12.1 Å². The number of nitrogens with one attached hydrogen (secondary N) is 1. The highest BCUT2D eigenvalue weighted by Gasteiger charge is 2.31. The third-order valence-corrected chi connectivity index (χ3v) is 5.39. The van der Waals surface area contributed by atoms with E-state index >= 15 is 0 Å². The van der Waals surface area contributed by atoms with Crippen LogP contribution >= 0.6 is 0 Å². The number of fused-ring (bicyclic) bond motifs is 1. The van der Waals surface area contributed by atoms with E-state index in [0.717, 1.165) is 16.9 Å². The molecule has 20 heavy (non-hydrogen) atoms. The van der Waals surface area contributed by atoms with Crippen molar-refractivity contribution >= 4 is 20.9 Å². The standard InChI is InChI=1S/C13H16N2O4S/c1-18-11-5-9-10(6-12(11)19-2)15-13(14-9)8-3-4-20(16,17)7-8/h5-6,8H,3-4,7H2,1-2H3,(H,14,15). The summed E-state index contributed by atoms with van der Waals surface area (Å²) in [6.45, 7) is 0. The molecule has 1 atom stereocenters. The minimum Gasteiger partial charge on any atom is -0.493 e. The van der Waals surface area contributed by atoms with Crippen LogP contribution in [-0.2, 0) is 9.84 Å². The summed E-state index contributed by atoms with van der Waals surface area (Å²) in [4.78, 5) is 7.68. The summed E-state index contributed by atoms with van der Waals surface area (Å²) in [6.07, 6.45) is 0.621. The summed E-state index contributed by atoms with van der Waals surface area (Å²) < 4.78 is 33.6. The number of sulfone groups is 1. The van der Waals surface area contributed by atoms with Gasteiger partial charge in [0.25, 0.3) is 0 Å². The Morgan fingerprint density at radius 1 is 1.25 bits per heavy atom. The van der Waals surface area contributed by atoms with Gasteiger partial charge in [0, 0.05) is 18.1 Å². The molecular weight excluding hydrogens is 280 g/mol. The van der Waals surface area contributed by atoms with Crippen LogP contribution in [0.3, 0.4) is 0 Å². The van der Waals surface area contributed by atoms with Gasteiger partial charge in [0.2, 0.25) is 0 Å². The second-order valence-corrected chi connectivity index (χ2v) is 7.18. The first-order chi connectivity index (χ1) is 9.52. The summed E-state index contributed by atoms with van der Waals surface area (Å²) in [5.74, 6) is 2.30. The highest BCUT2D eigenvalue weighted by molar-refractivity contribution is 7.91. The van der Waals surface area contributed by atoms with Crippen LogP contribution in [0.5, 0.6) is 11.5 Å². The fourth-order valence-corrected chi connectivity index (χ4v) is 4.31. The number of aromatic amines is 1. The zero-order valence-corrected chi connectivity index (χ0v) is 12.2. The number of methoxy groups -OCH3 is 2. The lowest BCUT2D eigenvalue weighted by Gasteiger charge is -2.06. The molecule has 1 fully saturated rings. The molecule has 0 spiro atoms. The van der Waals surface area contributed by atoms with Gasteiger partial charge in [0.15, 0.2) is 21.3 Å². The lowest BCUT2D eigenvalue weighted by Crippen LogP contribution is -2.04. The van der Waals surface area contributed by atoms with E-state index in [0.29, 0.717) is 17.9 Å². The first kappa shape index (κ1) is 13.2. The van der Waals surface area contributed by atoms with Gasteiger partial charge < -0.3 is 14.5 Å². The molecule has 1 unspecified atom stereocenters. The molecular formula is C13H16N2O4S. The van der Waals surface area contributed by atoms with E-state index in [-0.39, 0.29) is 17.4 Å². The van der Waals surface area contributed by atoms with Crippen molar-refractivity contribution in [2.75, 3.05) is 25.7 Å². The van der Waals surface area contributed by atoms with Gasteiger partial charge >= 0.3 is 0 Å². The Bertz CT molecular complexity index is 710. The molecule has 7 heteroatoms. The zero-order valence-electron chi connectivity index (χ0n) is 11.3. The van der Waals surface area contributed by atoms with Crippen molar-refractivity contribution in [2.24, 2.45) is 0 Å². The van der Waals surface area contributed by atoms with E-state index in [9.17, 15) is 8.42 Å². The maximum Gasteiger partial charge on any atom is 0.163 e. The van der Waals surface area contributed by atoms with Crippen molar-refractivity contribution in [3.05, 3.63) is 18.0 Å². The third-order valence-electron chi connectivity index (χ3n) is 3.62. The Kier molecular flexibility index (Phi) is 3.08. The Morgan fingerprint density at radius 2 is 1.95 bits per heavy atom. The number of hydrogen-bond acceptors (Lipinski definition) is 5. The monoisotopic (exact) mass is 296 g/mol. The van der Waals surface area contributed by atoms with Crippen molar-refractivity contribution in [1.82, 2.24) is 9.97 Å². The SMILES string of the molecule is COc1cc2nc(C3CCS(=O)(=O)C3)[nH]c2cc1OC. The van der Waals surface area contributed by atoms with E-state index in [4.69, 9.17) is 9.47 Å². The number of hydrogen-bond donors (Lipinski definition) is 1. The lowest BCUT2D eigenvalue weighted by molar-refractivity contribution is 0.356. The van der Waals surface area contributed by atoms with Crippen molar-refractivity contribution < 1.29 is 17.9 Å². The molecule has 0 amide bonds. The number of rotatable bonds is 3. The molecule has 0 bridgehead atoms. The van der Waals surface area contributed by atoms with Crippen molar-refractivity contribution in [2.45, 2.75) is 12.3 Å². The molecule has 2 heterocycles. The molecule has 0 radical (unpaired) electrons. The second kappa shape index (κ2) is 4.66. The summed E-state index contributed by atoms with van der Waals surface area (Å²) in [7, 11) is 0.228. The highest BCUT2D eigenvalue weighted by Crippen LogP contribution is 2.33. The van der Waals surface area contributed by atoms with Gasteiger partial charge in [-0.1, -0.05) is 0 Å². The van der Waals surface area contributed by atoms with E-state index < -0.39 is 9.84 Å². The van der Waals surface area contributed by atoms with Crippen LogP contribution in [0.2, 0.25) is 0 Å². The van der Waals surface area contributed by atoms with Crippen molar-refractivity contribution in [1.29, 1.82) is 0 Å². The quantitative estimate of drug-likeness (QED) is 0.928. The number of ether oxygens (including phenoxy) is 2. The number of nitrogens with zero attached hydrogens (tertiary/aromatic N) is 1. The minimum absolute atomic E-state index is 0.0515. The summed E-state index contributed by atoms with van der Waals surface area (Å²) in [6, 6.07) is 3.60. The number of H-pyrrole nitrogens is 1. The molecule has 108 valence electrons. The van der Waals surface area contributed by atoms with Crippen LogP contribution in [0.4, 0.5) is 0 Å². The molecule has 0 saturated carbocycles. The summed E-state index contributed by atoms with van der Waals surface area (Å²) >= 11 is 0. The lowest BCUT2D eigenvalue weighted by atomic mass is 10.1. The van der Waals surface area contributed by atoms with Gasteiger partial charge in [-0.05, 0) is 6.42 Å². The normalized spacial score (nSPS) is 21.2. The Hall–Kier alpha value is -1.76. The topological polar surface area (TPSA) is 81.3 Å². The van der Waals surface area contributed by atoms with E-state index in [1.54, 1.807) is 20.3 Å². The van der Waals surface area contributed by atoms with Gasteiger partial charge in [-0.15, -0.1) is 0 Å². The van der Waals surface area contributed by atoms with E-state index in [1.807, 2.05) is 6.07 Å². The van der Waals surface area contributed by atoms with Gasteiger partial charge in [0.05, 0.1) is 36.8 Å². The molecule has 1 aliphatic heterocycles. The van der Waals surface area contributed by atoms with Crippen LogP contribution < -0.4 is 9.47 Å². The fourth-order valence-electron chi connectivity index (χ4n) is 2.56. The molecule has 1 aromatic carbocycles. The number of imidazole rings is 1. The number of benzene rings is 1. The smallest absolute Gasteiger partial charge is 0.163 e. The van der Waals surface area contributed by atoms with Crippen molar-refractivity contribution in [3.63, 3.8) is 0 Å². The van der Waals surface area contributed by atoms with Crippen LogP contribution in [-0.4, -0.2) is 44.1 Å². The van der Waals surface area contributed by atoms with Crippen LogP contribution in [0.1, 0.15) is 18.2 Å². The van der Waals surface area contributed by atoms with Crippen LogP contribution in [0, 0.1) is 0 Å². The fraction of sp³-hybridized carbons (Fsp3) is 0.462. The van der Waals surface area contributed by atoms with Crippen LogP contribution in [0.25, 0.3) is 11.0 Å². The first-order valence-electron chi connectivity index (χ1n) is 6.34. The van der Waals surface area contributed by atoms with Gasteiger partial charge in [0.1, 0.15) is 5.82 Å². The van der Waals surface area contributed by atoms with Gasteiger partial charge in [-0.3, -0.25) is 0 Å². The first-order valence-corrected chi connectivity index (χ1v) is 8.16. The largest absolute Gasteiger partial charge is 0.493 e. The zero-order chi connectivity index (χ0) is 14.3. The summed E-state index contributed by atoms with van der Waals surface area (Å²) in [5, 5.41) is 0. The second-order valence-electron chi connectivity index (χ2n) is 4.95. The molecule has 6 nitrogen and oxygen atoms in total. The predicted molar refractivity (Wildman–Crippen MR) is 75.2 cm³/mol. The van der Waals surface area contributed by atoms with Crippen molar-refractivity contribution in [3.8, 4) is 11.5 Å². The summed E-state index contributed by atoms with van der Waals surface area (Å²) in [5.41, 5.74) is 1.57. The predicted octanol–water partition coefficient (Wildman–Crippen LogP) is 1.48. The molecule has 3 rings (SSSR count). The minimum atomic E-state index is -2.92. The van der Waals surface area contributed by atoms with E-state index in [1.165, 1.54) is 0 Å². The Labute approximate surface area is 117 Å².